The van der Waals surface area contributed by atoms with Crippen molar-refractivity contribution in [1.82, 2.24) is 186 Å². The van der Waals surface area contributed by atoms with Gasteiger partial charge in [0, 0.05) is 445 Å². The predicted molar refractivity (Wildman–Crippen MR) is 462 cm³/mol. The second-order valence-corrected chi connectivity index (χ2v) is 26.6. The van der Waals surface area contributed by atoms with Crippen LogP contribution in [-0.2, 0) is 0 Å². The fourth-order valence-electron chi connectivity index (χ4n) is 10.5. The molecule has 0 saturated carbocycles. The topological polar surface area (TPSA) is 421 Å². The minimum Gasteiger partial charge on any atom is -0.318 e. The van der Waals surface area contributed by atoms with Gasteiger partial charge in [0.2, 0.25) is 0 Å². The molecule has 0 aromatic carbocycles. The van der Waals surface area contributed by atoms with Gasteiger partial charge in [-0.3, -0.25) is 0 Å². The first-order valence-corrected chi connectivity index (χ1v) is 43.1. The Morgan fingerprint density at radius 2 is 0.140 bits per heavy atom. The molecule has 0 heterocycles. The van der Waals surface area contributed by atoms with Gasteiger partial charge in [-0.2, -0.15) is 0 Å². The standard InChI is InChI=1S/C72H181N35/c1-3-4-74-7-8-76-11-12-78-15-16-80-19-20-82-23-24-84-27-28-86-31-32-88-35-36-90-39-40-92-43-44-94-47-48-96-51-52-98-55-56-100-59-60-102-63-64-104-67-68-106-71-72-107-70-69-105-66-65-103-62-61-101-58-57-99-54-53-97-50-49-95-46-45-93-42-41-91-38-37-89-34-33-87-30-29-85-26-25-83-22-21-81-18-17-79-14-13-77-10-9-75-6-5-73-2/h73-107H,3-72H2,1-2H3. The van der Waals surface area contributed by atoms with E-state index in [1.165, 1.54) is 6.42 Å². The van der Waals surface area contributed by atoms with Crippen molar-refractivity contribution in [3.63, 3.8) is 0 Å². The van der Waals surface area contributed by atoms with E-state index in [2.05, 4.69) is 193 Å². The van der Waals surface area contributed by atoms with Crippen LogP contribution in [0.3, 0.4) is 0 Å². The van der Waals surface area contributed by atoms with Gasteiger partial charge in [-0.1, -0.05) is 6.92 Å². The highest BCUT2D eigenvalue weighted by Crippen LogP contribution is 1.75. The zero-order valence-corrected chi connectivity index (χ0v) is 69.0. The lowest BCUT2D eigenvalue weighted by Gasteiger charge is -2.11. The number of rotatable bonds is 104. The monoisotopic (exact) mass is 1540 g/mol. The molecule has 0 spiro atoms. The molecule has 0 aliphatic carbocycles. The molecule has 0 aromatic rings. The van der Waals surface area contributed by atoms with Crippen LogP contribution in [0.15, 0.2) is 0 Å². The molecule has 35 N–H and O–H groups in total. The molecule has 0 amide bonds. The van der Waals surface area contributed by atoms with Gasteiger partial charge in [-0.25, -0.2) is 0 Å². The minimum atomic E-state index is 0.989. The van der Waals surface area contributed by atoms with Crippen molar-refractivity contribution in [1.29, 1.82) is 0 Å². The molecule has 644 valence electrons. The zero-order valence-electron chi connectivity index (χ0n) is 69.0. The van der Waals surface area contributed by atoms with Crippen LogP contribution >= 0.6 is 0 Å². The van der Waals surface area contributed by atoms with E-state index < -0.39 is 0 Å². The Bertz CT molecular complexity index is 1390. The first-order valence-electron chi connectivity index (χ1n) is 43.1. The summed E-state index contributed by atoms with van der Waals surface area (Å²) in [7, 11) is 1.98. The maximum Gasteiger partial charge on any atom is 0.00772 e. The fourth-order valence-corrected chi connectivity index (χ4v) is 10.5. The molecule has 0 saturated heterocycles. The number of hydrogen-bond acceptors (Lipinski definition) is 35. The maximum absolute atomic E-state index is 3.52. The average molecular weight is 1540 g/mol. The van der Waals surface area contributed by atoms with Gasteiger partial charge >= 0.3 is 0 Å². The summed E-state index contributed by atoms with van der Waals surface area (Å²) in [6.45, 7) is 71.1. The molecular weight excluding hydrogens is 1360 g/mol. The molecule has 0 unspecified atom stereocenters. The van der Waals surface area contributed by atoms with Crippen LogP contribution in [0.5, 0.6) is 0 Å². The van der Waals surface area contributed by atoms with Gasteiger partial charge in [0.25, 0.3) is 0 Å². The van der Waals surface area contributed by atoms with Crippen molar-refractivity contribution in [2.24, 2.45) is 0 Å². The molecule has 0 aliphatic heterocycles. The summed E-state index contributed by atoms with van der Waals surface area (Å²) in [6.07, 6.45) is 1.20. The van der Waals surface area contributed by atoms with Crippen molar-refractivity contribution in [2.75, 3.05) is 459 Å². The van der Waals surface area contributed by atoms with E-state index in [1.54, 1.807) is 0 Å². The lowest BCUT2D eigenvalue weighted by Crippen LogP contribution is -2.39. The van der Waals surface area contributed by atoms with Crippen LogP contribution in [0.2, 0.25) is 0 Å². The summed E-state index contributed by atoms with van der Waals surface area (Å²) in [5, 5.41) is 122. The lowest BCUT2D eigenvalue weighted by molar-refractivity contribution is 0.535. The predicted octanol–water partition coefficient (Wildman–Crippen LogP) is -13.3. The van der Waals surface area contributed by atoms with Gasteiger partial charge in [0.05, 0.1) is 0 Å². The van der Waals surface area contributed by atoms with Crippen molar-refractivity contribution in [2.45, 2.75) is 13.3 Å². The van der Waals surface area contributed by atoms with Crippen molar-refractivity contribution >= 4 is 0 Å². The summed E-state index contributed by atoms with van der Waals surface area (Å²) in [5.41, 5.74) is 0. The minimum absolute atomic E-state index is 0.989. The van der Waals surface area contributed by atoms with E-state index in [4.69, 9.17) is 0 Å². The smallest absolute Gasteiger partial charge is 0.00772 e. The van der Waals surface area contributed by atoms with Crippen LogP contribution < -0.4 is 186 Å². The highest BCUT2D eigenvalue weighted by Gasteiger charge is 2.01. The molecule has 0 radical (unpaired) electrons. The fraction of sp³-hybridized carbons (Fsp3) is 1.00. The Morgan fingerprint density at radius 1 is 0.0841 bits per heavy atom. The first kappa shape index (κ1) is 106. The highest BCUT2D eigenvalue weighted by molar-refractivity contribution is 4.68. The second kappa shape index (κ2) is 105. The molecule has 0 aromatic heterocycles. The number of likely N-dealkylation sites (N-methyl/N-ethyl adjacent to an activating group) is 1. The SMILES string of the molecule is CCCNCCNCCNCCNCCNCCNCCNCCNCCNCCNCCNCCNCCNCCNCCNCCNCCNCCNCCNCCNCCNCCNCCNCCNCCNCCNCCNCCNCCNCCNCCNCCNCCNCCNCCNC. The molecule has 35 nitrogen and oxygen atoms in total. The molecule has 0 bridgehead atoms. The van der Waals surface area contributed by atoms with Gasteiger partial charge in [0.15, 0.2) is 0 Å². The van der Waals surface area contributed by atoms with Crippen LogP contribution in [0, 0.1) is 0 Å². The largest absolute Gasteiger partial charge is 0.318 e. The lowest BCUT2D eigenvalue weighted by atomic mass is 10.4. The summed E-state index contributed by atoms with van der Waals surface area (Å²) < 4.78 is 0. The quantitative estimate of drug-likeness (QED) is 0.0251. The molecule has 107 heavy (non-hydrogen) atoms. The average Bonchev–Trinajstić information content (AvgIpc) is 3.82. The highest BCUT2D eigenvalue weighted by atomic mass is 15.1. The van der Waals surface area contributed by atoms with E-state index in [9.17, 15) is 0 Å². The maximum atomic E-state index is 3.52. The third-order valence-electron chi connectivity index (χ3n) is 16.8. The van der Waals surface area contributed by atoms with Crippen LogP contribution in [-0.4, -0.2) is 459 Å². The third kappa shape index (κ3) is 105. The number of nitrogens with one attached hydrogen (secondary N) is 35. The van der Waals surface area contributed by atoms with Crippen LogP contribution in [0.25, 0.3) is 0 Å². The van der Waals surface area contributed by atoms with E-state index in [0.717, 1.165) is 452 Å². The molecule has 35 heteroatoms. The van der Waals surface area contributed by atoms with Gasteiger partial charge in [-0.15, -0.1) is 0 Å². The van der Waals surface area contributed by atoms with Crippen molar-refractivity contribution in [3.8, 4) is 0 Å². The molecule has 0 aliphatic rings. The van der Waals surface area contributed by atoms with Crippen LogP contribution in [0.4, 0.5) is 0 Å². The van der Waals surface area contributed by atoms with E-state index in [0.29, 0.717) is 0 Å². The normalized spacial score (nSPS) is 11.8. The van der Waals surface area contributed by atoms with E-state index in [-0.39, 0.29) is 0 Å². The summed E-state index contributed by atoms with van der Waals surface area (Å²) in [4.78, 5) is 0. The van der Waals surface area contributed by atoms with Gasteiger partial charge in [-0.05, 0) is 20.0 Å². The van der Waals surface area contributed by atoms with Gasteiger partial charge in [0.1, 0.15) is 0 Å². The summed E-state index contributed by atoms with van der Waals surface area (Å²) in [6, 6.07) is 0. The Balaban J connectivity index is 3.09. The van der Waals surface area contributed by atoms with E-state index in [1.807, 2.05) is 7.05 Å². The zero-order chi connectivity index (χ0) is 76.2. The van der Waals surface area contributed by atoms with E-state index >= 15 is 0 Å². The Morgan fingerprint density at radius 3 is 0.196 bits per heavy atom. The van der Waals surface area contributed by atoms with Crippen molar-refractivity contribution < 1.29 is 0 Å². The molecular formula is C72H181N35. The Kier molecular flexibility index (Phi) is 103. The third-order valence-corrected chi connectivity index (χ3v) is 16.8. The van der Waals surface area contributed by atoms with Crippen molar-refractivity contribution in [3.05, 3.63) is 0 Å². The number of hydrogen-bond donors (Lipinski definition) is 35. The first-order chi connectivity index (χ1) is 53.4. The Labute approximate surface area is 655 Å². The summed E-state index contributed by atoms with van der Waals surface area (Å²) in [5.74, 6) is 0. The second-order valence-electron chi connectivity index (χ2n) is 26.6. The molecule has 0 rings (SSSR count). The van der Waals surface area contributed by atoms with Gasteiger partial charge < -0.3 is 186 Å². The Hall–Kier alpha value is -1.40. The molecule has 0 fully saturated rings. The summed E-state index contributed by atoms with van der Waals surface area (Å²) >= 11 is 0. The molecule has 0 atom stereocenters. The van der Waals surface area contributed by atoms with Crippen LogP contribution in [0.1, 0.15) is 13.3 Å².